The zero-order valence-corrected chi connectivity index (χ0v) is 21.1. The fourth-order valence-electron chi connectivity index (χ4n) is 4.37. The molecular formula is C25H27Cl2F2N3O2. The van der Waals surface area contributed by atoms with Crippen molar-refractivity contribution in [2.24, 2.45) is 5.41 Å². The number of hydrogen-bond acceptors (Lipinski definition) is 5. The van der Waals surface area contributed by atoms with E-state index in [0.717, 1.165) is 0 Å². The fourth-order valence-corrected chi connectivity index (χ4v) is 4.77. The first-order chi connectivity index (χ1) is 15.8. The standard InChI is InChI=1S/C25H27Cl2F2N3O2/c1-15-11-25(23(33)34-24(2,3)4,12-18-10-17(13-30)21(29)22(27)31-18)8-9-32(15)14-16-6-5-7-19(26)20(16)28/h5-7,10,15H,8-9,11-12,14H2,1-4H3/t15-,25?/m1/s1. The molecule has 34 heavy (non-hydrogen) atoms. The lowest BCUT2D eigenvalue weighted by Crippen LogP contribution is -2.51. The minimum Gasteiger partial charge on any atom is -0.460 e. The zero-order chi connectivity index (χ0) is 25.3. The lowest BCUT2D eigenvalue weighted by molar-refractivity contribution is -0.172. The van der Waals surface area contributed by atoms with Gasteiger partial charge in [-0.15, -0.1) is 0 Å². The highest BCUT2D eigenvalue weighted by molar-refractivity contribution is 6.30. The Labute approximate surface area is 208 Å². The van der Waals surface area contributed by atoms with E-state index in [4.69, 9.17) is 27.9 Å². The van der Waals surface area contributed by atoms with E-state index in [-0.39, 0.29) is 29.0 Å². The molecule has 5 nitrogen and oxygen atoms in total. The number of esters is 1. The summed E-state index contributed by atoms with van der Waals surface area (Å²) in [6, 6.07) is 7.90. The second kappa shape index (κ2) is 10.2. The monoisotopic (exact) mass is 509 g/mol. The molecule has 2 heterocycles. The summed E-state index contributed by atoms with van der Waals surface area (Å²) in [4.78, 5) is 19.6. The average Bonchev–Trinajstić information content (AvgIpc) is 2.74. The zero-order valence-electron chi connectivity index (χ0n) is 19.6. The van der Waals surface area contributed by atoms with Crippen LogP contribution >= 0.6 is 23.2 Å². The molecule has 0 spiro atoms. The second-order valence-electron chi connectivity index (χ2n) is 9.82. The molecule has 1 fully saturated rings. The first-order valence-electron chi connectivity index (χ1n) is 11.0. The van der Waals surface area contributed by atoms with Crippen LogP contribution in [0.1, 0.15) is 57.4 Å². The maximum Gasteiger partial charge on any atom is 0.313 e. The fraction of sp³-hybridized carbons (Fsp3) is 0.480. The van der Waals surface area contributed by atoms with Crippen molar-refractivity contribution >= 4 is 29.2 Å². The minimum atomic E-state index is -0.961. The van der Waals surface area contributed by atoms with Crippen molar-refractivity contribution < 1.29 is 18.3 Å². The van der Waals surface area contributed by atoms with Gasteiger partial charge in [0, 0.05) is 30.3 Å². The Morgan fingerprint density at radius 3 is 2.65 bits per heavy atom. The van der Waals surface area contributed by atoms with Crippen LogP contribution in [-0.2, 0) is 22.5 Å². The van der Waals surface area contributed by atoms with Gasteiger partial charge in [0.25, 0.3) is 0 Å². The summed E-state index contributed by atoms with van der Waals surface area (Å²) < 4.78 is 34.3. The lowest BCUT2D eigenvalue weighted by atomic mass is 9.72. The third-order valence-electron chi connectivity index (χ3n) is 6.03. The van der Waals surface area contributed by atoms with Crippen LogP contribution in [0.15, 0.2) is 24.3 Å². The molecule has 182 valence electrons. The molecule has 0 aliphatic carbocycles. The molecule has 1 aliphatic heterocycles. The van der Waals surface area contributed by atoms with Gasteiger partial charge in [-0.1, -0.05) is 35.3 Å². The molecular weight excluding hydrogens is 483 g/mol. The van der Waals surface area contributed by atoms with Crippen molar-refractivity contribution in [1.29, 1.82) is 5.26 Å². The number of carbonyl (C=O) groups is 1. The third kappa shape index (κ3) is 5.86. The number of likely N-dealkylation sites (tertiary alicyclic amines) is 1. The summed E-state index contributed by atoms with van der Waals surface area (Å²) in [5.74, 6) is -1.72. The van der Waals surface area contributed by atoms with E-state index in [2.05, 4.69) is 9.88 Å². The van der Waals surface area contributed by atoms with Gasteiger partial charge in [-0.25, -0.2) is 13.8 Å². The second-order valence-corrected chi connectivity index (χ2v) is 10.6. The largest absolute Gasteiger partial charge is 0.460 e. The Morgan fingerprint density at radius 1 is 1.32 bits per heavy atom. The number of aromatic nitrogens is 1. The maximum atomic E-state index is 14.5. The van der Waals surface area contributed by atoms with Gasteiger partial charge >= 0.3 is 5.97 Å². The molecule has 0 saturated carbocycles. The number of hydrogen-bond donors (Lipinski definition) is 0. The molecule has 9 heteroatoms. The summed E-state index contributed by atoms with van der Waals surface area (Å²) in [5, 5.41) is 8.90. The first-order valence-corrected chi connectivity index (χ1v) is 11.8. The average molecular weight is 510 g/mol. The smallest absolute Gasteiger partial charge is 0.313 e. The van der Waals surface area contributed by atoms with Crippen LogP contribution in [0.4, 0.5) is 8.78 Å². The topological polar surface area (TPSA) is 66.2 Å². The van der Waals surface area contributed by atoms with Crippen molar-refractivity contribution in [2.45, 2.75) is 65.1 Å². The SMILES string of the molecule is C[C@@H]1CC(Cc2cc(C#N)c(F)c(Cl)n2)(C(=O)OC(C)(C)C)CCN1Cc1cccc(Cl)c1F. The molecule has 2 atom stereocenters. The van der Waals surface area contributed by atoms with Crippen molar-refractivity contribution in [3.05, 3.63) is 62.9 Å². The van der Waals surface area contributed by atoms with Crippen LogP contribution in [-0.4, -0.2) is 34.0 Å². The van der Waals surface area contributed by atoms with Crippen molar-refractivity contribution in [3.8, 4) is 6.07 Å². The van der Waals surface area contributed by atoms with E-state index in [9.17, 15) is 18.8 Å². The highest BCUT2D eigenvalue weighted by Crippen LogP contribution is 2.41. The lowest BCUT2D eigenvalue weighted by Gasteiger charge is -2.45. The van der Waals surface area contributed by atoms with Crippen LogP contribution < -0.4 is 0 Å². The van der Waals surface area contributed by atoms with Crippen LogP contribution in [0.25, 0.3) is 0 Å². The first kappa shape index (κ1) is 26.3. The van der Waals surface area contributed by atoms with Crippen molar-refractivity contribution in [3.63, 3.8) is 0 Å². The highest BCUT2D eigenvalue weighted by atomic mass is 35.5. The number of carbonyl (C=O) groups excluding carboxylic acids is 1. The summed E-state index contributed by atoms with van der Waals surface area (Å²) in [5.41, 5.74) is -1.07. The molecule has 1 saturated heterocycles. The molecule has 2 aromatic rings. The molecule has 0 amide bonds. The maximum absolute atomic E-state index is 14.5. The van der Waals surface area contributed by atoms with Crippen LogP contribution in [0.3, 0.4) is 0 Å². The van der Waals surface area contributed by atoms with E-state index in [1.54, 1.807) is 39.0 Å². The van der Waals surface area contributed by atoms with Crippen LogP contribution in [0.2, 0.25) is 10.2 Å². The Bertz CT molecular complexity index is 1130. The van der Waals surface area contributed by atoms with E-state index in [1.807, 2.05) is 6.92 Å². The summed E-state index contributed by atoms with van der Waals surface area (Å²) in [6.45, 7) is 8.18. The number of ether oxygens (including phenoxy) is 1. The molecule has 1 unspecified atom stereocenters. The van der Waals surface area contributed by atoms with E-state index >= 15 is 0 Å². The molecule has 3 rings (SSSR count). The summed E-state index contributed by atoms with van der Waals surface area (Å²) in [6.07, 6.45) is 0.954. The van der Waals surface area contributed by atoms with Gasteiger partial charge in [0.1, 0.15) is 17.5 Å². The molecule has 1 aromatic heterocycles. The normalized spacial score (nSPS) is 21.2. The van der Waals surface area contributed by atoms with E-state index < -0.39 is 27.8 Å². The van der Waals surface area contributed by atoms with Gasteiger partial charge in [-0.3, -0.25) is 9.69 Å². The molecule has 0 radical (unpaired) electrons. The predicted octanol–water partition coefficient (Wildman–Crippen LogP) is 6.09. The van der Waals surface area contributed by atoms with E-state index in [1.165, 1.54) is 12.1 Å². The van der Waals surface area contributed by atoms with Crippen molar-refractivity contribution in [1.82, 2.24) is 9.88 Å². The number of pyridine rings is 1. The molecule has 1 aromatic carbocycles. The van der Waals surface area contributed by atoms with Gasteiger partial charge in [0.15, 0.2) is 11.0 Å². The van der Waals surface area contributed by atoms with Gasteiger partial charge < -0.3 is 4.74 Å². The van der Waals surface area contributed by atoms with Gasteiger partial charge in [-0.2, -0.15) is 5.26 Å². The minimum absolute atomic E-state index is 0.0674. The van der Waals surface area contributed by atoms with Crippen molar-refractivity contribution in [2.75, 3.05) is 6.54 Å². The number of piperidine rings is 1. The predicted molar refractivity (Wildman–Crippen MR) is 126 cm³/mol. The van der Waals surface area contributed by atoms with Gasteiger partial charge in [0.05, 0.1) is 16.0 Å². The molecule has 0 bridgehead atoms. The Kier molecular flexibility index (Phi) is 7.86. The number of benzene rings is 1. The Balaban J connectivity index is 1.90. The summed E-state index contributed by atoms with van der Waals surface area (Å²) in [7, 11) is 0. The van der Waals surface area contributed by atoms with Crippen LogP contribution in [0, 0.1) is 28.4 Å². The van der Waals surface area contributed by atoms with Gasteiger partial charge in [0.2, 0.25) is 0 Å². The Hall–Kier alpha value is -2.27. The highest BCUT2D eigenvalue weighted by Gasteiger charge is 2.47. The quantitative estimate of drug-likeness (QED) is 0.360. The number of nitrogens with zero attached hydrogens (tertiary/aromatic N) is 3. The number of rotatable bonds is 5. The molecule has 0 N–H and O–H groups in total. The summed E-state index contributed by atoms with van der Waals surface area (Å²) >= 11 is 11.8. The number of nitriles is 1. The number of halogens is 4. The van der Waals surface area contributed by atoms with Gasteiger partial charge in [-0.05, 0) is 59.2 Å². The molecule has 1 aliphatic rings. The van der Waals surface area contributed by atoms with E-state index in [0.29, 0.717) is 37.2 Å². The third-order valence-corrected chi connectivity index (χ3v) is 6.58. The van der Waals surface area contributed by atoms with Crippen LogP contribution in [0.5, 0.6) is 0 Å². The Morgan fingerprint density at radius 2 is 2.03 bits per heavy atom.